The summed E-state index contributed by atoms with van der Waals surface area (Å²) in [7, 11) is 1.30. The SMILES string of the molecule is COc1ccccc1N(CC(=O)N/N=C\c1ccc(N(C)C)cc1)S(=O)(=O)c1ccccc1. The van der Waals surface area contributed by atoms with Crippen LogP contribution in [0.2, 0.25) is 0 Å². The fourth-order valence-corrected chi connectivity index (χ4v) is 4.51. The first-order chi connectivity index (χ1) is 15.8. The Kier molecular flexibility index (Phi) is 7.68. The normalized spacial score (nSPS) is 11.2. The minimum Gasteiger partial charge on any atom is -0.495 e. The van der Waals surface area contributed by atoms with Crippen molar-refractivity contribution in [3.05, 3.63) is 84.4 Å². The molecule has 172 valence electrons. The van der Waals surface area contributed by atoms with Crippen LogP contribution in [0, 0.1) is 0 Å². The van der Waals surface area contributed by atoms with E-state index in [2.05, 4.69) is 10.5 Å². The summed E-state index contributed by atoms with van der Waals surface area (Å²) in [5, 5.41) is 3.97. The molecule has 8 nitrogen and oxygen atoms in total. The lowest BCUT2D eigenvalue weighted by Gasteiger charge is -2.25. The Morgan fingerprint density at radius 2 is 1.61 bits per heavy atom. The topological polar surface area (TPSA) is 91.3 Å². The Hall–Kier alpha value is -3.85. The van der Waals surface area contributed by atoms with Crippen molar-refractivity contribution in [3.63, 3.8) is 0 Å². The molecule has 0 aromatic heterocycles. The van der Waals surface area contributed by atoms with E-state index in [1.807, 2.05) is 43.3 Å². The van der Waals surface area contributed by atoms with Crippen LogP contribution in [0.1, 0.15) is 5.56 Å². The second-order valence-electron chi connectivity index (χ2n) is 7.28. The summed E-state index contributed by atoms with van der Waals surface area (Å²) in [6.07, 6.45) is 1.50. The Morgan fingerprint density at radius 1 is 0.970 bits per heavy atom. The van der Waals surface area contributed by atoms with Crippen LogP contribution in [0.3, 0.4) is 0 Å². The van der Waals surface area contributed by atoms with Crippen molar-refractivity contribution in [2.75, 3.05) is 37.0 Å². The summed E-state index contributed by atoms with van der Waals surface area (Å²) in [5.41, 5.74) is 4.48. The summed E-state index contributed by atoms with van der Waals surface area (Å²) in [6.45, 7) is -0.478. The molecule has 33 heavy (non-hydrogen) atoms. The Bertz CT molecular complexity index is 1210. The predicted octanol–water partition coefficient (Wildman–Crippen LogP) is 3.11. The maximum atomic E-state index is 13.4. The molecular weight excluding hydrogens is 440 g/mol. The van der Waals surface area contributed by atoms with Gasteiger partial charge in [0.2, 0.25) is 0 Å². The van der Waals surface area contributed by atoms with Gasteiger partial charge in [0.25, 0.3) is 15.9 Å². The van der Waals surface area contributed by atoms with Crippen LogP contribution < -0.4 is 19.4 Å². The molecule has 0 unspecified atom stereocenters. The van der Waals surface area contributed by atoms with Gasteiger partial charge in [-0.3, -0.25) is 9.10 Å². The molecule has 3 rings (SSSR count). The van der Waals surface area contributed by atoms with E-state index in [1.165, 1.54) is 25.5 Å². The first-order valence-electron chi connectivity index (χ1n) is 10.1. The molecule has 0 aliphatic rings. The number of anilines is 2. The lowest BCUT2D eigenvalue weighted by Crippen LogP contribution is -2.39. The lowest BCUT2D eigenvalue weighted by molar-refractivity contribution is -0.119. The number of hydrazone groups is 1. The van der Waals surface area contributed by atoms with Crippen LogP contribution in [0.25, 0.3) is 0 Å². The van der Waals surface area contributed by atoms with Gasteiger partial charge in [-0.25, -0.2) is 13.8 Å². The Balaban J connectivity index is 1.82. The van der Waals surface area contributed by atoms with Crippen molar-refractivity contribution in [2.24, 2.45) is 5.10 Å². The highest BCUT2D eigenvalue weighted by Gasteiger charge is 2.29. The monoisotopic (exact) mass is 466 g/mol. The van der Waals surface area contributed by atoms with Crippen molar-refractivity contribution in [1.82, 2.24) is 5.43 Å². The molecule has 0 radical (unpaired) electrons. The molecular formula is C24H26N4O4S. The second kappa shape index (κ2) is 10.6. The summed E-state index contributed by atoms with van der Waals surface area (Å²) in [4.78, 5) is 14.7. The predicted molar refractivity (Wildman–Crippen MR) is 130 cm³/mol. The maximum absolute atomic E-state index is 13.4. The van der Waals surface area contributed by atoms with Crippen molar-refractivity contribution in [1.29, 1.82) is 0 Å². The van der Waals surface area contributed by atoms with Gasteiger partial charge >= 0.3 is 0 Å². The molecule has 0 spiro atoms. The van der Waals surface area contributed by atoms with Crippen molar-refractivity contribution >= 4 is 33.5 Å². The highest BCUT2D eigenvalue weighted by atomic mass is 32.2. The van der Waals surface area contributed by atoms with E-state index in [-0.39, 0.29) is 10.6 Å². The Labute approximate surface area is 194 Å². The number of carbonyl (C=O) groups is 1. The molecule has 9 heteroatoms. The smallest absolute Gasteiger partial charge is 0.264 e. The molecule has 0 saturated carbocycles. The third kappa shape index (κ3) is 5.89. The first-order valence-corrected chi connectivity index (χ1v) is 11.6. The average molecular weight is 467 g/mol. The number of para-hydroxylation sites is 2. The zero-order valence-electron chi connectivity index (χ0n) is 18.7. The zero-order valence-corrected chi connectivity index (χ0v) is 19.5. The number of amides is 1. The molecule has 1 amide bonds. The summed E-state index contributed by atoms with van der Waals surface area (Å²) in [6, 6.07) is 22.1. The molecule has 0 aliphatic carbocycles. The van der Waals surface area contributed by atoms with Crippen LogP contribution in [-0.4, -0.2) is 48.3 Å². The van der Waals surface area contributed by atoms with Crippen LogP contribution in [0.15, 0.2) is 88.9 Å². The highest BCUT2D eigenvalue weighted by Crippen LogP contribution is 2.32. The van der Waals surface area contributed by atoms with Crippen molar-refractivity contribution in [2.45, 2.75) is 4.90 Å². The van der Waals surface area contributed by atoms with Gasteiger partial charge in [-0.15, -0.1) is 0 Å². The van der Waals surface area contributed by atoms with E-state index in [9.17, 15) is 13.2 Å². The third-order valence-corrected chi connectivity index (χ3v) is 6.56. The third-order valence-electron chi connectivity index (χ3n) is 4.78. The number of sulfonamides is 1. The van der Waals surface area contributed by atoms with Gasteiger partial charge in [0.05, 0.1) is 23.9 Å². The van der Waals surface area contributed by atoms with E-state index < -0.39 is 22.5 Å². The number of hydrogen-bond donors (Lipinski definition) is 1. The molecule has 0 fully saturated rings. The van der Waals surface area contributed by atoms with E-state index in [4.69, 9.17) is 4.74 Å². The highest BCUT2D eigenvalue weighted by molar-refractivity contribution is 7.92. The fourth-order valence-electron chi connectivity index (χ4n) is 3.06. The molecule has 0 atom stereocenters. The number of hydrogen-bond acceptors (Lipinski definition) is 6. The largest absolute Gasteiger partial charge is 0.495 e. The minimum atomic E-state index is -4.04. The molecule has 3 aromatic carbocycles. The number of carbonyl (C=O) groups excluding carboxylic acids is 1. The zero-order chi connectivity index (χ0) is 23.8. The van der Waals surface area contributed by atoms with Gasteiger partial charge in [-0.2, -0.15) is 5.10 Å². The van der Waals surface area contributed by atoms with Gasteiger partial charge in [0.15, 0.2) is 0 Å². The first kappa shape index (κ1) is 23.8. The maximum Gasteiger partial charge on any atom is 0.264 e. The average Bonchev–Trinajstić information content (AvgIpc) is 2.83. The van der Waals surface area contributed by atoms with Crippen LogP contribution in [-0.2, 0) is 14.8 Å². The van der Waals surface area contributed by atoms with E-state index in [0.29, 0.717) is 5.75 Å². The van der Waals surface area contributed by atoms with Crippen molar-refractivity contribution < 1.29 is 17.9 Å². The minimum absolute atomic E-state index is 0.0631. The second-order valence-corrected chi connectivity index (χ2v) is 9.14. The Morgan fingerprint density at radius 3 is 2.24 bits per heavy atom. The number of ether oxygens (including phenoxy) is 1. The van der Waals surface area contributed by atoms with Crippen LogP contribution >= 0.6 is 0 Å². The van der Waals surface area contributed by atoms with Gasteiger partial charge in [-0.05, 0) is 42.0 Å². The molecule has 1 N–H and O–H groups in total. The summed E-state index contributed by atoms with van der Waals surface area (Å²) in [5.74, 6) is -0.268. The number of nitrogens with zero attached hydrogens (tertiary/aromatic N) is 3. The van der Waals surface area contributed by atoms with Gasteiger partial charge in [0, 0.05) is 19.8 Å². The molecule has 0 aliphatic heterocycles. The van der Waals surface area contributed by atoms with Crippen LogP contribution in [0.5, 0.6) is 5.75 Å². The molecule has 0 bridgehead atoms. The number of methoxy groups -OCH3 is 1. The quantitative estimate of drug-likeness (QED) is 0.387. The van der Waals surface area contributed by atoms with E-state index in [0.717, 1.165) is 15.6 Å². The summed E-state index contributed by atoms with van der Waals surface area (Å²) < 4.78 is 33.1. The summed E-state index contributed by atoms with van der Waals surface area (Å²) >= 11 is 0. The molecule has 0 heterocycles. The lowest BCUT2D eigenvalue weighted by atomic mass is 10.2. The molecule has 3 aromatic rings. The standard InChI is InChI=1S/C24H26N4O4S/c1-27(2)20-15-13-19(14-16-20)17-25-26-24(29)18-28(22-11-7-8-12-23(22)32-3)33(30,31)21-9-5-4-6-10-21/h4-17H,18H2,1-3H3,(H,26,29)/b25-17-. The van der Waals surface area contributed by atoms with Crippen LogP contribution in [0.4, 0.5) is 11.4 Å². The molecule has 0 saturated heterocycles. The number of benzene rings is 3. The van der Waals surface area contributed by atoms with Gasteiger partial charge in [0.1, 0.15) is 12.3 Å². The van der Waals surface area contributed by atoms with Crippen molar-refractivity contribution in [3.8, 4) is 5.75 Å². The number of rotatable bonds is 9. The van der Waals surface area contributed by atoms with Gasteiger partial charge < -0.3 is 9.64 Å². The van der Waals surface area contributed by atoms with E-state index >= 15 is 0 Å². The van der Waals surface area contributed by atoms with E-state index in [1.54, 1.807) is 42.5 Å². The fraction of sp³-hybridized carbons (Fsp3) is 0.167. The van der Waals surface area contributed by atoms with Gasteiger partial charge in [-0.1, -0.05) is 42.5 Å². The number of nitrogens with one attached hydrogen (secondary N) is 1.